The van der Waals surface area contributed by atoms with Crippen molar-refractivity contribution < 1.29 is 8.78 Å². The van der Waals surface area contributed by atoms with Gasteiger partial charge in [0.2, 0.25) is 0 Å². The van der Waals surface area contributed by atoms with Crippen LogP contribution in [0.1, 0.15) is 23.2 Å². The van der Waals surface area contributed by atoms with E-state index < -0.39 is 11.6 Å². The Labute approximate surface area is 111 Å². The van der Waals surface area contributed by atoms with E-state index in [1.54, 1.807) is 0 Å². The minimum absolute atomic E-state index is 0.471. The molecule has 1 aromatic carbocycles. The van der Waals surface area contributed by atoms with Crippen molar-refractivity contribution in [1.29, 1.82) is 0 Å². The molecule has 0 aliphatic heterocycles. The van der Waals surface area contributed by atoms with Crippen LogP contribution in [-0.2, 0) is 13.0 Å². The van der Waals surface area contributed by atoms with E-state index in [0.717, 1.165) is 31.1 Å². The zero-order valence-electron chi connectivity index (χ0n) is 10.8. The van der Waals surface area contributed by atoms with Gasteiger partial charge in [-0.25, -0.2) is 8.78 Å². The fraction of sp³-hybridized carbons (Fsp3) is 0.357. The molecule has 1 heterocycles. The van der Waals surface area contributed by atoms with E-state index in [0.29, 0.717) is 12.1 Å². The predicted octanol–water partition coefficient (Wildman–Crippen LogP) is 2.72. The van der Waals surface area contributed by atoms with E-state index in [9.17, 15) is 8.78 Å². The van der Waals surface area contributed by atoms with Crippen LogP contribution in [0.5, 0.6) is 0 Å². The summed E-state index contributed by atoms with van der Waals surface area (Å²) in [6, 6.07) is 3.57. The second-order valence-corrected chi connectivity index (χ2v) is 4.58. The summed E-state index contributed by atoms with van der Waals surface area (Å²) >= 11 is 0. The quantitative estimate of drug-likeness (QED) is 0.788. The van der Waals surface area contributed by atoms with Gasteiger partial charge in [0.15, 0.2) is 0 Å². The molecule has 0 aliphatic carbocycles. The van der Waals surface area contributed by atoms with Gasteiger partial charge in [-0.15, -0.1) is 0 Å². The second-order valence-electron chi connectivity index (χ2n) is 4.58. The van der Waals surface area contributed by atoms with Gasteiger partial charge in [0, 0.05) is 18.3 Å². The van der Waals surface area contributed by atoms with Gasteiger partial charge < -0.3 is 5.32 Å². The summed E-state index contributed by atoms with van der Waals surface area (Å²) in [5, 5.41) is 10.0. The van der Waals surface area contributed by atoms with E-state index in [1.165, 1.54) is 17.7 Å². The number of aromatic amines is 1. The molecule has 0 amide bonds. The van der Waals surface area contributed by atoms with Gasteiger partial charge in [-0.2, -0.15) is 5.10 Å². The maximum atomic E-state index is 13.0. The van der Waals surface area contributed by atoms with Gasteiger partial charge in [0.05, 0.1) is 6.20 Å². The number of aromatic nitrogens is 2. The Kier molecular flexibility index (Phi) is 4.63. The van der Waals surface area contributed by atoms with Crippen LogP contribution in [0.15, 0.2) is 24.4 Å². The van der Waals surface area contributed by atoms with Gasteiger partial charge in [-0.3, -0.25) is 5.10 Å². The lowest BCUT2D eigenvalue weighted by molar-refractivity contribution is 0.573. The number of halogens is 2. The Bertz CT molecular complexity index is 517. The third kappa shape index (κ3) is 4.13. The van der Waals surface area contributed by atoms with Crippen LogP contribution in [0.2, 0.25) is 0 Å². The van der Waals surface area contributed by atoms with Crippen LogP contribution >= 0.6 is 0 Å². The SMILES string of the molecule is Cc1[nH]ncc1CCCNCc1cc(F)cc(F)c1. The summed E-state index contributed by atoms with van der Waals surface area (Å²) in [6.07, 6.45) is 3.72. The van der Waals surface area contributed by atoms with Crippen LogP contribution < -0.4 is 5.32 Å². The first-order chi connectivity index (χ1) is 9.15. The minimum atomic E-state index is -0.536. The normalized spacial score (nSPS) is 10.9. The first-order valence-electron chi connectivity index (χ1n) is 6.29. The first kappa shape index (κ1) is 13.7. The second kappa shape index (κ2) is 6.43. The van der Waals surface area contributed by atoms with E-state index in [2.05, 4.69) is 15.5 Å². The fourth-order valence-corrected chi connectivity index (χ4v) is 1.98. The highest BCUT2D eigenvalue weighted by molar-refractivity contribution is 5.17. The number of H-pyrrole nitrogens is 1. The Morgan fingerprint density at radius 2 is 1.95 bits per heavy atom. The zero-order valence-corrected chi connectivity index (χ0v) is 10.8. The maximum absolute atomic E-state index is 13.0. The molecule has 0 bridgehead atoms. The molecule has 0 radical (unpaired) electrons. The average Bonchev–Trinajstić information content (AvgIpc) is 2.73. The highest BCUT2D eigenvalue weighted by atomic mass is 19.1. The van der Waals surface area contributed by atoms with E-state index in [4.69, 9.17) is 0 Å². The molecule has 0 unspecified atom stereocenters. The topological polar surface area (TPSA) is 40.7 Å². The zero-order chi connectivity index (χ0) is 13.7. The van der Waals surface area contributed by atoms with Gasteiger partial charge in [0.1, 0.15) is 11.6 Å². The molecule has 2 aromatic rings. The average molecular weight is 265 g/mol. The Morgan fingerprint density at radius 1 is 1.21 bits per heavy atom. The molecule has 0 atom stereocenters. The molecule has 19 heavy (non-hydrogen) atoms. The molecule has 0 aliphatic rings. The number of aryl methyl sites for hydroxylation is 2. The summed E-state index contributed by atoms with van der Waals surface area (Å²) in [4.78, 5) is 0. The molecule has 2 rings (SSSR count). The van der Waals surface area contributed by atoms with Crippen LogP contribution in [0.3, 0.4) is 0 Å². The standard InChI is InChI=1S/C14H17F2N3/c1-10-12(9-18-19-10)3-2-4-17-8-11-5-13(15)7-14(16)6-11/h5-7,9,17H,2-4,8H2,1H3,(H,18,19). The van der Waals surface area contributed by atoms with Gasteiger partial charge in [0.25, 0.3) is 0 Å². The Balaban J connectivity index is 1.71. The van der Waals surface area contributed by atoms with Crippen molar-refractivity contribution in [2.24, 2.45) is 0 Å². The third-order valence-corrected chi connectivity index (χ3v) is 2.99. The van der Waals surface area contributed by atoms with E-state index in [-0.39, 0.29) is 0 Å². The van der Waals surface area contributed by atoms with Crippen LogP contribution in [0.25, 0.3) is 0 Å². The molecule has 102 valence electrons. The molecular formula is C14H17F2N3. The molecule has 1 aromatic heterocycles. The molecule has 5 heteroatoms. The summed E-state index contributed by atoms with van der Waals surface area (Å²) in [5.41, 5.74) is 2.92. The first-order valence-corrected chi connectivity index (χ1v) is 6.29. The fourth-order valence-electron chi connectivity index (χ4n) is 1.98. The molecule has 0 saturated heterocycles. The van der Waals surface area contributed by atoms with Gasteiger partial charge >= 0.3 is 0 Å². The van der Waals surface area contributed by atoms with Crippen molar-refractivity contribution in [2.45, 2.75) is 26.3 Å². The lowest BCUT2D eigenvalue weighted by atomic mass is 10.1. The Morgan fingerprint density at radius 3 is 2.58 bits per heavy atom. The third-order valence-electron chi connectivity index (χ3n) is 2.99. The number of nitrogens with one attached hydrogen (secondary N) is 2. The number of hydrogen-bond acceptors (Lipinski definition) is 2. The highest BCUT2D eigenvalue weighted by Crippen LogP contribution is 2.08. The van der Waals surface area contributed by atoms with Gasteiger partial charge in [-0.1, -0.05) is 0 Å². The number of rotatable bonds is 6. The minimum Gasteiger partial charge on any atom is -0.313 e. The van der Waals surface area contributed by atoms with Crippen molar-refractivity contribution in [2.75, 3.05) is 6.54 Å². The summed E-state index contributed by atoms with van der Waals surface area (Å²) in [5.74, 6) is -1.07. The molecule has 0 fully saturated rings. The molecule has 2 N–H and O–H groups in total. The van der Waals surface area contributed by atoms with E-state index in [1.807, 2.05) is 13.1 Å². The predicted molar refractivity (Wildman–Crippen MR) is 69.7 cm³/mol. The Hall–Kier alpha value is -1.75. The van der Waals surface area contributed by atoms with Gasteiger partial charge in [-0.05, 0) is 49.6 Å². The number of benzene rings is 1. The molecule has 3 nitrogen and oxygen atoms in total. The van der Waals surface area contributed by atoms with Crippen LogP contribution in [0, 0.1) is 18.6 Å². The van der Waals surface area contributed by atoms with Crippen LogP contribution in [-0.4, -0.2) is 16.7 Å². The lowest BCUT2D eigenvalue weighted by Gasteiger charge is -2.05. The largest absolute Gasteiger partial charge is 0.313 e. The summed E-state index contributed by atoms with van der Waals surface area (Å²) in [7, 11) is 0. The monoisotopic (exact) mass is 265 g/mol. The lowest BCUT2D eigenvalue weighted by Crippen LogP contribution is -2.15. The van der Waals surface area contributed by atoms with Crippen molar-refractivity contribution in [3.8, 4) is 0 Å². The maximum Gasteiger partial charge on any atom is 0.126 e. The van der Waals surface area contributed by atoms with E-state index >= 15 is 0 Å². The summed E-state index contributed by atoms with van der Waals surface area (Å²) in [6.45, 7) is 3.26. The number of hydrogen-bond donors (Lipinski definition) is 2. The van der Waals surface area contributed by atoms with Crippen LogP contribution in [0.4, 0.5) is 8.78 Å². The number of nitrogens with zero attached hydrogens (tertiary/aromatic N) is 1. The smallest absolute Gasteiger partial charge is 0.126 e. The van der Waals surface area contributed by atoms with Crippen molar-refractivity contribution in [1.82, 2.24) is 15.5 Å². The molecule has 0 saturated carbocycles. The highest BCUT2D eigenvalue weighted by Gasteiger charge is 2.01. The summed E-state index contributed by atoms with van der Waals surface area (Å²) < 4.78 is 25.9. The van der Waals surface area contributed by atoms with Crippen molar-refractivity contribution in [3.05, 3.63) is 52.9 Å². The van der Waals surface area contributed by atoms with Crippen molar-refractivity contribution >= 4 is 0 Å². The molecule has 0 spiro atoms. The molecular weight excluding hydrogens is 248 g/mol. The van der Waals surface area contributed by atoms with Crippen molar-refractivity contribution in [3.63, 3.8) is 0 Å².